The highest BCUT2D eigenvalue weighted by molar-refractivity contribution is 8.00. The summed E-state index contributed by atoms with van der Waals surface area (Å²) in [5.74, 6) is 0.558. The number of carbonyl (C=O) groups is 2. The molecular weight excluding hydrogens is 398 g/mol. The number of ether oxygens (including phenoxy) is 1. The Morgan fingerprint density at radius 3 is 2.64 bits per heavy atom. The summed E-state index contributed by atoms with van der Waals surface area (Å²) in [6, 6.07) is 14.5. The lowest BCUT2D eigenvalue weighted by atomic mass is 10.2. The molecule has 152 valence electrons. The lowest BCUT2D eigenvalue weighted by molar-refractivity contribution is -0.113. The van der Waals surface area contributed by atoms with Gasteiger partial charge in [-0.2, -0.15) is 0 Å². The maximum absolute atomic E-state index is 12.4. The highest BCUT2D eigenvalue weighted by Gasteiger charge is 2.13. The smallest absolute Gasteiger partial charge is 0.252 e. The van der Waals surface area contributed by atoms with Crippen molar-refractivity contribution >= 4 is 41.7 Å². The zero-order valence-electron chi connectivity index (χ0n) is 15.9. The molecule has 0 saturated heterocycles. The third-order valence-corrected chi connectivity index (χ3v) is 4.80. The van der Waals surface area contributed by atoms with Crippen molar-refractivity contribution in [3.8, 4) is 5.75 Å². The molecule has 0 aliphatic carbocycles. The zero-order chi connectivity index (χ0) is 19.6. The van der Waals surface area contributed by atoms with E-state index in [1.54, 1.807) is 31.4 Å². The van der Waals surface area contributed by atoms with E-state index in [1.807, 2.05) is 31.2 Å². The predicted molar refractivity (Wildman–Crippen MR) is 117 cm³/mol. The van der Waals surface area contributed by atoms with Gasteiger partial charge in [0.15, 0.2) is 0 Å². The average Bonchev–Trinajstić information content (AvgIpc) is 2.66. The normalized spacial score (nSPS) is 11.1. The van der Waals surface area contributed by atoms with Crippen molar-refractivity contribution in [2.45, 2.75) is 24.3 Å². The number of hydrogen-bond acceptors (Lipinski definition) is 5. The molecule has 1 atom stereocenters. The van der Waals surface area contributed by atoms with Crippen LogP contribution in [0.3, 0.4) is 0 Å². The molecule has 0 saturated carbocycles. The molecule has 0 fully saturated rings. The lowest BCUT2D eigenvalue weighted by Gasteiger charge is -2.11. The van der Waals surface area contributed by atoms with Crippen LogP contribution in [0, 0.1) is 0 Å². The van der Waals surface area contributed by atoms with Gasteiger partial charge in [0.1, 0.15) is 5.75 Å². The largest absolute Gasteiger partial charge is 0.497 e. The van der Waals surface area contributed by atoms with Gasteiger partial charge in [-0.1, -0.05) is 18.2 Å². The Bertz CT molecular complexity index is 787. The van der Waals surface area contributed by atoms with Crippen LogP contribution in [0.15, 0.2) is 53.4 Å². The number of amides is 2. The van der Waals surface area contributed by atoms with Crippen molar-refractivity contribution in [3.05, 3.63) is 54.1 Å². The van der Waals surface area contributed by atoms with Crippen molar-refractivity contribution in [3.63, 3.8) is 0 Å². The fraction of sp³-hybridized carbons (Fsp3) is 0.300. The van der Waals surface area contributed by atoms with Crippen LogP contribution in [0.2, 0.25) is 0 Å². The second kappa shape index (κ2) is 12.3. The number of methoxy groups -OCH3 is 1. The van der Waals surface area contributed by atoms with Crippen molar-refractivity contribution in [2.75, 3.05) is 24.7 Å². The van der Waals surface area contributed by atoms with Gasteiger partial charge in [-0.3, -0.25) is 9.59 Å². The van der Waals surface area contributed by atoms with Crippen molar-refractivity contribution in [1.29, 1.82) is 0 Å². The van der Waals surface area contributed by atoms with Crippen LogP contribution in [0.25, 0.3) is 0 Å². The fourth-order valence-electron chi connectivity index (χ4n) is 2.33. The molecule has 4 N–H and O–H groups in total. The number of halogens is 1. The molecule has 0 spiro atoms. The maximum Gasteiger partial charge on any atom is 0.252 e. The zero-order valence-corrected chi connectivity index (χ0v) is 17.6. The van der Waals surface area contributed by atoms with E-state index in [2.05, 4.69) is 10.6 Å². The molecule has 0 aliphatic rings. The summed E-state index contributed by atoms with van der Waals surface area (Å²) < 4.78 is 5.15. The molecule has 0 radical (unpaired) electrons. The Labute approximate surface area is 176 Å². The SMILES string of the molecule is COc1cccc(NC(=O)CSc2ccccc2C(=O)NCCC(C)N)c1.Cl. The molecule has 0 bridgehead atoms. The average molecular weight is 424 g/mol. The van der Waals surface area contributed by atoms with Crippen molar-refractivity contribution in [1.82, 2.24) is 5.32 Å². The molecule has 2 amide bonds. The third kappa shape index (κ3) is 7.80. The van der Waals surface area contributed by atoms with Gasteiger partial charge in [-0.05, 0) is 37.6 Å². The number of nitrogens with two attached hydrogens (primary N) is 1. The van der Waals surface area contributed by atoms with Gasteiger partial charge in [-0.15, -0.1) is 24.2 Å². The molecule has 2 aromatic carbocycles. The highest BCUT2D eigenvalue weighted by Crippen LogP contribution is 2.23. The predicted octanol–water partition coefficient (Wildman–Crippen LogP) is 3.31. The van der Waals surface area contributed by atoms with E-state index >= 15 is 0 Å². The number of benzene rings is 2. The number of anilines is 1. The minimum Gasteiger partial charge on any atom is -0.497 e. The number of thioether (sulfide) groups is 1. The Balaban J connectivity index is 0.00000392. The maximum atomic E-state index is 12.4. The summed E-state index contributed by atoms with van der Waals surface area (Å²) in [5.41, 5.74) is 6.93. The second-order valence-corrected chi connectivity index (χ2v) is 7.10. The summed E-state index contributed by atoms with van der Waals surface area (Å²) >= 11 is 1.32. The topological polar surface area (TPSA) is 93.4 Å². The number of carbonyl (C=O) groups excluding carboxylic acids is 2. The Kier molecular flexibility index (Phi) is 10.4. The fourth-order valence-corrected chi connectivity index (χ4v) is 3.18. The molecule has 0 heterocycles. The molecule has 2 aromatic rings. The number of nitrogens with one attached hydrogen (secondary N) is 2. The van der Waals surface area contributed by atoms with Crippen LogP contribution in [0.5, 0.6) is 5.75 Å². The van der Waals surface area contributed by atoms with E-state index < -0.39 is 0 Å². The van der Waals surface area contributed by atoms with Gasteiger partial charge < -0.3 is 21.1 Å². The lowest BCUT2D eigenvalue weighted by Crippen LogP contribution is -2.29. The molecule has 0 aromatic heterocycles. The van der Waals surface area contributed by atoms with Crippen LogP contribution in [-0.4, -0.2) is 37.3 Å². The van der Waals surface area contributed by atoms with Crippen LogP contribution in [0.4, 0.5) is 5.69 Å². The van der Waals surface area contributed by atoms with Crippen molar-refractivity contribution in [2.24, 2.45) is 5.73 Å². The monoisotopic (exact) mass is 423 g/mol. The molecular formula is C20H26ClN3O3S. The van der Waals surface area contributed by atoms with Gasteiger partial charge in [0, 0.05) is 29.2 Å². The summed E-state index contributed by atoms with van der Waals surface area (Å²) in [5, 5.41) is 5.69. The van der Waals surface area contributed by atoms with Crippen LogP contribution >= 0.6 is 24.2 Å². The first-order chi connectivity index (χ1) is 13.0. The van der Waals surface area contributed by atoms with E-state index in [0.29, 0.717) is 30.0 Å². The molecule has 28 heavy (non-hydrogen) atoms. The van der Waals surface area contributed by atoms with Gasteiger partial charge in [0.25, 0.3) is 5.91 Å². The highest BCUT2D eigenvalue weighted by atomic mass is 35.5. The minimum absolute atomic E-state index is 0. The van der Waals surface area contributed by atoms with Crippen molar-refractivity contribution < 1.29 is 14.3 Å². The standard InChI is InChI=1S/C20H25N3O3S.ClH/c1-14(21)10-11-22-20(25)17-8-3-4-9-18(17)27-13-19(24)23-15-6-5-7-16(12-15)26-2;/h3-9,12,14H,10-11,13,21H2,1-2H3,(H,22,25)(H,23,24);1H. The molecule has 0 aliphatic heterocycles. The molecule has 2 rings (SSSR count). The van der Waals surface area contributed by atoms with E-state index in [4.69, 9.17) is 10.5 Å². The van der Waals surface area contributed by atoms with E-state index in [-0.39, 0.29) is 36.0 Å². The quantitative estimate of drug-likeness (QED) is 0.538. The number of rotatable bonds is 9. The Morgan fingerprint density at radius 1 is 1.18 bits per heavy atom. The van der Waals surface area contributed by atoms with E-state index in [1.165, 1.54) is 11.8 Å². The summed E-state index contributed by atoms with van der Waals surface area (Å²) in [7, 11) is 1.58. The van der Waals surface area contributed by atoms with Crippen LogP contribution in [-0.2, 0) is 4.79 Å². The van der Waals surface area contributed by atoms with Crippen LogP contribution < -0.4 is 21.1 Å². The molecule has 8 heteroatoms. The minimum atomic E-state index is -0.160. The summed E-state index contributed by atoms with van der Waals surface area (Å²) in [6.07, 6.45) is 0.712. The van der Waals surface area contributed by atoms with Gasteiger partial charge in [0.2, 0.25) is 5.91 Å². The number of hydrogen-bond donors (Lipinski definition) is 3. The summed E-state index contributed by atoms with van der Waals surface area (Å²) in [6.45, 7) is 2.42. The molecule has 6 nitrogen and oxygen atoms in total. The van der Waals surface area contributed by atoms with Gasteiger partial charge >= 0.3 is 0 Å². The Hall–Kier alpha value is -2.22. The summed E-state index contributed by atoms with van der Waals surface area (Å²) in [4.78, 5) is 25.4. The van der Waals surface area contributed by atoms with Crippen LogP contribution in [0.1, 0.15) is 23.7 Å². The molecule has 1 unspecified atom stereocenters. The first-order valence-corrected chi connectivity index (χ1v) is 9.67. The first-order valence-electron chi connectivity index (χ1n) is 8.69. The second-order valence-electron chi connectivity index (χ2n) is 6.09. The van der Waals surface area contributed by atoms with Gasteiger partial charge in [0.05, 0.1) is 18.4 Å². The first kappa shape index (κ1) is 23.8. The van der Waals surface area contributed by atoms with Gasteiger partial charge in [-0.25, -0.2) is 0 Å². The van der Waals surface area contributed by atoms with E-state index in [0.717, 1.165) is 4.90 Å². The third-order valence-electron chi connectivity index (χ3n) is 3.73. The van der Waals surface area contributed by atoms with E-state index in [9.17, 15) is 9.59 Å². The Morgan fingerprint density at radius 2 is 1.93 bits per heavy atom.